The van der Waals surface area contributed by atoms with Crippen LogP contribution in [0.2, 0.25) is 0 Å². The van der Waals surface area contributed by atoms with E-state index in [-0.39, 0.29) is 30.5 Å². The molecule has 0 bridgehead atoms. The molecule has 8 heteroatoms. The van der Waals surface area contributed by atoms with E-state index in [1.165, 1.54) is 0 Å². The van der Waals surface area contributed by atoms with Crippen molar-refractivity contribution in [3.05, 3.63) is 0 Å². The van der Waals surface area contributed by atoms with Crippen LogP contribution in [0.25, 0.3) is 0 Å². The second-order valence-corrected chi connectivity index (χ2v) is 6.75. The van der Waals surface area contributed by atoms with Crippen LogP contribution in [0.5, 0.6) is 0 Å². The first-order valence-corrected chi connectivity index (χ1v) is 7.81. The number of rotatable bonds is 2. The van der Waals surface area contributed by atoms with Crippen LogP contribution in [-0.2, 0) is 14.3 Å². The van der Waals surface area contributed by atoms with Crippen LogP contribution in [0, 0.1) is 17.8 Å². The van der Waals surface area contributed by atoms with E-state index >= 15 is 0 Å². The van der Waals surface area contributed by atoms with E-state index in [4.69, 9.17) is 10.5 Å². The average Bonchev–Trinajstić information content (AvgIpc) is 2.46. The molecule has 3 aliphatic rings. The van der Waals surface area contributed by atoms with Crippen LogP contribution in [0.1, 0.15) is 20.3 Å². The number of fused-ring (bicyclic) bond motifs is 2. The minimum atomic E-state index is -0.980. The summed E-state index contributed by atoms with van der Waals surface area (Å²) in [6.45, 7) is 4.74. The summed E-state index contributed by atoms with van der Waals surface area (Å²) in [6.07, 6.45) is -1.18. The number of ether oxygens (including phenoxy) is 1. The summed E-state index contributed by atoms with van der Waals surface area (Å²) in [5, 5.41) is 18.8. The van der Waals surface area contributed by atoms with Crippen molar-refractivity contribution < 1.29 is 19.4 Å². The first-order valence-electron chi connectivity index (χ1n) is 7.81. The van der Waals surface area contributed by atoms with Gasteiger partial charge in [0.05, 0.1) is 36.3 Å². The zero-order valence-electron chi connectivity index (χ0n) is 12.8. The number of carboxylic acids is 1. The molecule has 0 aromatic carbocycles. The summed E-state index contributed by atoms with van der Waals surface area (Å²) in [5.74, 6) is -1.85. The minimum Gasteiger partial charge on any atom is -0.481 e. The second kappa shape index (κ2) is 5.86. The lowest BCUT2D eigenvalue weighted by molar-refractivity contribution is -0.175. The normalized spacial score (nSPS) is 45.3. The Kier molecular flexibility index (Phi) is 4.21. The number of piperidine rings is 1. The summed E-state index contributed by atoms with van der Waals surface area (Å²) in [5.41, 5.74) is 5.85. The maximum Gasteiger partial charge on any atom is 0.309 e. The molecule has 7 unspecified atom stereocenters. The predicted octanol–water partition coefficient (Wildman–Crippen LogP) is -1.58. The lowest BCUT2D eigenvalue weighted by Crippen LogP contribution is -2.73. The molecule has 0 radical (unpaired) electrons. The van der Waals surface area contributed by atoms with E-state index in [1.54, 1.807) is 0 Å². The highest BCUT2D eigenvalue weighted by atomic mass is 16.5. The van der Waals surface area contributed by atoms with Crippen molar-refractivity contribution in [2.75, 3.05) is 6.54 Å². The number of nitrogens with one attached hydrogen (secondary N) is 3. The third-order valence-electron chi connectivity index (χ3n) is 4.91. The number of carbonyl (C=O) groups is 2. The number of hydrogen-bond donors (Lipinski definition) is 5. The minimum absolute atomic E-state index is 0.0269. The molecule has 0 amide bonds. The summed E-state index contributed by atoms with van der Waals surface area (Å²) in [4.78, 5) is 24.1. The summed E-state index contributed by atoms with van der Waals surface area (Å²) in [6, 6.07) is -0.388. The number of Topliss-reactive ketones (excluding diaryl/α,β-unsaturated/α-hetero) is 1. The molecule has 0 spiro atoms. The van der Waals surface area contributed by atoms with Gasteiger partial charge in [0.15, 0.2) is 5.78 Å². The van der Waals surface area contributed by atoms with Crippen molar-refractivity contribution in [2.24, 2.45) is 23.5 Å². The molecule has 3 fully saturated rings. The number of ketones is 1. The SMILES string of the molecule is CC(C)C1NCC2OC3NC(N)C(C(=O)O)CC3C(=O)C2N1. The van der Waals surface area contributed by atoms with Crippen molar-refractivity contribution in [2.45, 2.75) is 51.0 Å². The van der Waals surface area contributed by atoms with Gasteiger partial charge in [-0.1, -0.05) is 13.8 Å². The van der Waals surface area contributed by atoms with Crippen molar-refractivity contribution in [1.29, 1.82) is 0 Å². The zero-order chi connectivity index (χ0) is 16.0. The van der Waals surface area contributed by atoms with Gasteiger partial charge in [-0.2, -0.15) is 0 Å². The fourth-order valence-corrected chi connectivity index (χ4v) is 3.58. The van der Waals surface area contributed by atoms with Gasteiger partial charge in [0.2, 0.25) is 0 Å². The Balaban J connectivity index is 1.76. The standard InChI is InChI=1S/C14H24N4O4/c1-5(2)12-16-4-8-9(17-12)10(19)6-3-7(14(20)21)11(15)18-13(6)22-8/h5-9,11-13,16-18H,3-4,15H2,1-2H3,(H,20,21). The van der Waals surface area contributed by atoms with Gasteiger partial charge in [0, 0.05) is 6.54 Å². The van der Waals surface area contributed by atoms with Crippen LogP contribution in [-0.4, -0.2) is 54.1 Å². The Bertz CT molecular complexity index is 472. The van der Waals surface area contributed by atoms with Gasteiger partial charge in [-0.05, 0) is 12.3 Å². The molecule has 6 N–H and O–H groups in total. The Morgan fingerprint density at radius 3 is 2.77 bits per heavy atom. The first-order chi connectivity index (χ1) is 10.4. The van der Waals surface area contributed by atoms with E-state index in [0.29, 0.717) is 12.5 Å². The molecular formula is C14H24N4O4. The molecule has 7 atom stereocenters. The smallest absolute Gasteiger partial charge is 0.309 e. The molecule has 0 aromatic heterocycles. The predicted molar refractivity (Wildman–Crippen MR) is 77.6 cm³/mol. The van der Waals surface area contributed by atoms with Crippen LogP contribution >= 0.6 is 0 Å². The van der Waals surface area contributed by atoms with Gasteiger partial charge < -0.3 is 15.6 Å². The third-order valence-corrected chi connectivity index (χ3v) is 4.91. The van der Waals surface area contributed by atoms with Crippen molar-refractivity contribution >= 4 is 11.8 Å². The Hall–Kier alpha value is -1.06. The van der Waals surface area contributed by atoms with Gasteiger partial charge in [0.25, 0.3) is 0 Å². The van der Waals surface area contributed by atoms with Crippen LogP contribution in [0.4, 0.5) is 0 Å². The Labute approximate surface area is 129 Å². The Morgan fingerprint density at radius 2 is 2.14 bits per heavy atom. The fraction of sp³-hybridized carbons (Fsp3) is 0.857. The average molecular weight is 312 g/mol. The third kappa shape index (κ3) is 2.65. The highest BCUT2D eigenvalue weighted by Gasteiger charge is 2.51. The first kappa shape index (κ1) is 15.8. The molecule has 3 aliphatic heterocycles. The molecule has 0 saturated carbocycles. The summed E-state index contributed by atoms with van der Waals surface area (Å²) in [7, 11) is 0. The van der Waals surface area contributed by atoms with Crippen molar-refractivity contribution in [1.82, 2.24) is 16.0 Å². The molecule has 0 aromatic rings. The number of nitrogens with two attached hydrogens (primary N) is 1. The van der Waals surface area contributed by atoms with Crippen molar-refractivity contribution in [3.63, 3.8) is 0 Å². The maximum absolute atomic E-state index is 12.8. The van der Waals surface area contributed by atoms with E-state index in [2.05, 4.69) is 29.8 Å². The molecule has 124 valence electrons. The maximum atomic E-state index is 12.8. The van der Waals surface area contributed by atoms with E-state index in [1.807, 2.05) is 0 Å². The van der Waals surface area contributed by atoms with Crippen LogP contribution in [0.15, 0.2) is 0 Å². The van der Waals surface area contributed by atoms with Crippen LogP contribution in [0.3, 0.4) is 0 Å². The molecule has 22 heavy (non-hydrogen) atoms. The molecule has 8 nitrogen and oxygen atoms in total. The topological polar surface area (TPSA) is 126 Å². The number of hydrogen-bond acceptors (Lipinski definition) is 7. The zero-order valence-corrected chi connectivity index (χ0v) is 12.8. The largest absolute Gasteiger partial charge is 0.481 e. The molecule has 3 rings (SSSR count). The molecule has 0 aliphatic carbocycles. The second-order valence-electron chi connectivity index (χ2n) is 6.75. The van der Waals surface area contributed by atoms with E-state index in [9.17, 15) is 14.7 Å². The highest BCUT2D eigenvalue weighted by Crippen LogP contribution is 2.32. The van der Waals surface area contributed by atoms with Crippen LogP contribution < -0.4 is 21.7 Å². The van der Waals surface area contributed by atoms with Gasteiger partial charge in [-0.25, -0.2) is 0 Å². The molecule has 3 saturated heterocycles. The highest BCUT2D eigenvalue weighted by molar-refractivity contribution is 5.89. The molecule has 3 heterocycles. The number of carbonyl (C=O) groups excluding carboxylic acids is 1. The Morgan fingerprint density at radius 1 is 1.41 bits per heavy atom. The van der Waals surface area contributed by atoms with Crippen molar-refractivity contribution in [3.8, 4) is 0 Å². The lowest BCUT2D eigenvalue weighted by atomic mass is 9.78. The molecular weight excluding hydrogens is 288 g/mol. The van der Waals surface area contributed by atoms with E-state index in [0.717, 1.165) is 0 Å². The van der Waals surface area contributed by atoms with Gasteiger partial charge >= 0.3 is 5.97 Å². The summed E-state index contributed by atoms with van der Waals surface area (Å²) < 4.78 is 5.96. The monoisotopic (exact) mass is 312 g/mol. The van der Waals surface area contributed by atoms with E-state index < -0.39 is 30.2 Å². The number of aliphatic carboxylic acids is 1. The van der Waals surface area contributed by atoms with Gasteiger partial charge in [-0.3, -0.25) is 25.5 Å². The number of carboxylic acid groups (broad SMARTS) is 1. The van der Waals surface area contributed by atoms with Gasteiger partial charge in [-0.15, -0.1) is 0 Å². The summed E-state index contributed by atoms with van der Waals surface area (Å²) >= 11 is 0. The fourth-order valence-electron chi connectivity index (χ4n) is 3.58. The lowest BCUT2D eigenvalue weighted by Gasteiger charge is -2.49. The van der Waals surface area contributed by atoms with Gasteiger partial charge in [0.1, 0.15) is 6.23 Å². The quantitative estimate of drug-likeness (QED) is 0.414.